The zero-order valence-electron chi connectivity index (χ0n) is 7.39. The summed E-state index contributed by atoms with van der Waals surface area (Å²) in [4.78, 5) is 0. The van der Waals surface area contributed by atoms with Crippen LogP contribution in [0, 0.1) is 11.8 Å². The summed E-state index contributed by atoms with van der Waals surface area (Å²) >= 11 is 0. The Labute approximate surface area is 68.3 Å². The SMILES string of the molecule is CC(C)C1COC2(CNC2)C1. The molecule has 0 saturated carbocycles. The molecule has 2 heterocycles. The Morgan fingerprint density at radius 2 is 2.18 bits per heavy atom. The highest BCUT2D eigenvalue weighted by atomic mass is 16.5. The van der Waals surface area contributed by atoms with Gasteiger partial charge >= 0.3 is 0 Å². The Morgan fingerprint density at radius 1 is 1.45 bits per heavy atom. The standard InChI is InChI=1S/C9H17NO/c1-7(2)8-3-9(11-4-8)5-10-6-9/h7-8,10H,3-6H2,1-2H3. The van der Waals surface area contributed by atoms with Gasteiger partial charge in [-0.05, 0) is 18.3 Å². The van der Waals surface area contributed by atoms with Crippen molar-refractivity contribution in [3.8, 4) is 0 Å². The fourth-order valence-electron chi connectivity index (χ4n) is 1.96. The molecule has 2 heteroatoms. The van der Waals surface area contributed by atoms with E-state index in [2.05, 4.69) is 19.2 Å². The molecule has 0 aliphatic carbocycles. The van der Waals surface area contributed by atoms with Crippen LogP contribution >= 0.6 is 0 Å². The Morgan fingerprint density at radius 3 is 2.45 bits per heavy atom. The van der Waals surface area contributed by atoms with Crippen LogP contribution in [0.3, 0.4) is 0 Å². The van der Waals surface area contributed by atoms with E-state index in [-0.39, 0.29) is 5.60 Å². The molecule has 2 aliphatic heterocycles. The minimum atomic E-state index is 0.259. The molecule has 0 aromatic carbocycles. The largest absolute Gasteiger partial charge is 0.372 e. The van der Waals surface area contributed by atoms with Crippen LogP contribution in [0.25, 0.3) is 0 Å². The van der Waals surface area contributed by atoms with Crippen LogP contribution in [0.15, 0.2) is 0 Å². The van der Waals surface area contributed by atoms with Crippen LogP contribution in [0.4, 0.5) is 0 Å². The average molecular weight is 155 g/mol. The van der Waals surface area contributed by atoms with Gasteiger partial charge in [0.2, 0.25) is 0 Å². The molecule has 1 spiro atoms. The summed E-state index contributed by atoms with van der Waals surface area (Å²) in [6.45, 7) is 7.73. The van der Waals surface area contributed by atoms with Crippen molar-refractivity contribution >= 4 is 0 Å². The van der Waals surface area contributed by atoms with E-state index in [9.17, 15) is 0 Å². The van der Waals surface area contributed by atoms with Crippen molar-refractivity contribution in [1.82, 2.24) is 5.32 Å². The molecular formula is C9H17NO. The zero-order valence-corrected chi connectivity index (χ0v) is 7.39. The van der Waals surface area contributed by atoms with Gasteiger partial charge in [-0.3, -0.25) is 0 Å². The summed E-state index contributed by atoms with van der Waals surface area (Å²) in [5.41, 5.74) is 0.259. The maximum Gasteiger partial charge on any atom is 0.0933 e. The highest BCUT2D eigenvalue weighted by Gasteiger charge is 2.45. The molecule has 2 rings (SSSR count). The molecule has 2 fully saturated rings. The molecular weight excluding hydrogens is 138 g/mol. The van der Waals surface area contributed by atoms with E-state index in [4.69, 9.17) is 4.74 Å². The fraction of sp³-hybridized carbons (Fsp3) is 1.00. The number of hydrogen-bond acceptors (Lipinski definition) is 2. The third-order valence-electron chi connectivity index (χ3n) is 3.07. The fourth-order valence-corrected chi connectivity index (χ4v) is 1.96. The first kappa shape index (κ1) is 7.56. The molecule has 0 amide bonds. The lowest BCUT2D eigenvalue weighted by molar-refractivity contribution is -0.0364. The van der Waals surface area contributed by atoms with E-state index in [1.54, 1.807) is 0 Å². The van der Waals surface area contributed by atoms with Crippen LogP contribution in [0.1, 0.15) is 20.3 Å². The maximum absolute atomic E-state index is 5.79. The molecule has 64 valence electrons. The van der Waals surface area contributed by atoms with E-state index in [0.29, 0.717) is 0 Å². The van der Waals surface area contributed by atoms with Gasteiger partial charge in [0, 0.05) is 13.1 Å². The van der Waals surface area contributed by atoms with Crippen LogP contribution in [0.5, 0.6) is 0 Å². The molecule has 1 atom stereocenters. The predicted molar refractivity (Wildman–Crippen MR) is 44.5 cm³/mol. The van der Waals surface area contributed by atoms with Gasteiger partial charge in [0.15, 0.2) is 0 Å². The highest BCUT2D eigenvalue weighted by Crippen LogP contribution is 2.36. The molecule has 0 bridgehead atoms. The maximum atomic E-state index is 5.79. The molecule has 2 nitrogen and oxygen atoms in total. The minimum absolute atomic E-state index is 0.259. The first-order chi connectivity index (χ1) is 5.22. The second-order valence-corrected chi connectivity index (χ2v) is 4.31. The van der Waals surface area contributed by atoms with Crippen LogP contribution < -0.4 is 5.32 Å². The van der Waals surface area contributed by atoms with E-state index >= 15 is 0 Å². The Kier molecular flexibility index (Phi) is 1.69. The van der Waals surface area contributed by atoms with Crippen molar-refractivity contribution in [2.45, 2.75) is 25.9 Å². The van der Waals surface area contributed by atoms with Crippen molar-refractivity contribution in [2.75, 3.05) is 19.7 Å². The molecule has 2 saturated heterocycles. The van der Waals surface area contributed by atoms with Crippen molar-refractivity contribution < 1.29 is 4.74 Å². The number of nitrogens with one attached hydrogen (secondary N) is 1. The average Bonchev–Trinajstić information content (AvgIpc) is 2.28. The highest BCUT2D eigenvalue weighted by molar-refractivity contribution is 5.00. The number of ether oxygens (including phenoxy) is 1. The lowest BCUT2D eigenvalue weighted by atomic mass is 9.84. The lowest BCUT2D eigenvalue weighted by Gasteiger charge is -2.38. The van der Waals surface area contributed by atoms with E-state index in [1.165, 1.54) is 6.42 Å². The van der Waals surface area contributed by atoms with Crippen LogP contribution in [-0.2, 0) is 4.74 Å². The topological polar surface area (TPSA) is 21.3 Å². The first-order valence-electron chi connectivity index (χ1n) is 4.57. The number of rotatable bonds is 1. The molecule has 11 heavy (non-hydrogen) atoms. The second kappa shape index (κ2) is 2.46. The van der Waals surface area contributed by atoms with Crippen molar-refractivity contribution in [3.63, 3.8) is 0 Å². The second-order valence-electron chi connectivity index (χ2n) is 4.31. The van der Waals surface area contributed by atoms with Gasteiger partial charge in [0.25, 0.3) is 0 Å². The van der Waals surface area contributed by atoms with Gasteiger partial charge in [-0.1, -0.05) is 13.8 Å². The minimum Gasteiger partial charge on any atom is -0.372 e. The quantitative estimate of drug-likeness (QED) is 0.610. The van der Waals surface area contributed by atoms with Gasteiger partial charge < -0.3 is 10.1 Å². The molecule has 0 aromatic heterocycles. The van der Waals surface area contributed by atoms with Gasteiger partial charge in [0.1, 0.15) is 0 Å². The van der Waals surface area contributed by atoms with Crippen molar-refractivity contribution in [3.05, 3.63) is 0 Å². The Hall–Kier alpha value is -0.0800. The number of hydrogen-bond donors (Lipinski definition) is 1. The molecule has 1 N–H and O–H groups in total. The van der Waals surface area contributed by atoms with E-state index < -0.39 is 0 Å². The van der Waals surface area contributed by atoms with Gasteiger partial charge in [-0.2, -0.15) is 0 Å². The van der Waals surface area contributed by atoms with Gasteiger partial charge in [-0.15, -0.1) is 0 Å². The first-order valence-corrected chi connectivity index (χ1v) is 4.57. The molecule has 0 aromatic rings. The predicted octanol–water partition coefficient (Wildman–Crippen LogP) is 1.02. The van der Waals surface area contributed by atoms with E-state index in [1.807, 2.05) is 0 Å². The molecule has 2 aliphatic rings. The van der Waals surface area contributed by atoms with Gasteiger partial charge in [-0.25, -0.2) is 0 Å². The summed E-state index contributed by atoms with van der Waals surface area (Å²) < 4.78 is 5.79. The Bertz CT molecular complexity index is 152. The van der Waals surface area contributed by atoms with E-state index in [0.717, 1.165) is 31.5 Å². The summed E-state index contributed by atoms with van der Waals surface area (Å²) in [6, 6.07) is 0. The monoisotopic (exact) mass is 155 g/mol. The summed E-state index contributed by atoms with van der Waals surface area (Å²) in [7, 11) is 0. The van der Waals surface area contributed by atoms with Crippen LogP contribution in [0.2, 0.25) is 0 Å². The molecule has 1 unspecified atom stereocenters. The third kappa shape index (κ3) is 1.18. The summed E-state index contributed by atoms with van der Waals surface area (Å²) in [5, 5.41) is 3.28. The van der Waals surface area contributed by atoms with Crippen molar-refractivity contribution in [1.29, 1.82) is 0 Å². The normalized spacial score (nSPS) is 34.6. The third-order valence-corrected chi connectivity index (χ3v) is 3.07. The Balaban J connectivity index is 1.93. The van der Waals surface area contributed by atoms with Crippen LogP contribution in [-0.4, -0.2) is 25.3 Å². The lowest BCUT2D eigenvalue weighted by Crippen LogP contribution is -2.59. The van der Waals surface area contributed by atoms with Gasteiger partial charge in [0.05, 0.1) is 12.2 Å². The summed E-state index contributed by atoms with van der Waals surface area (Å²) in [6.07, 6.45) is 1.28. The summed E-state index contributed by atoms with van der Waals surface area (Å²) in [5.74, 6) is 1.59. The van der Waals surface area contributed by atoms with Crippen molar-refractivity contribution in [2.24, 2.45) is 11.8 Å². The molecule has 0 radical (unpaired) electrons. The zero-order chi connectivity index (χ0) is 7.90. The smallest absolute Gasteiger partial charge is 0.0933 e.